The van der Waals surface area contributed by atoms with Crippen LogP contribution in [0.25, 0.3) is 0 Å². The Kier molecular flexibility index (Phi) is 6.01. The van der Waals surface area contributed by atoms with Crippen LogP contribution in [0.15, 0.2) is 42.5 Å². The Morgan fingerprint density at radius 2 is 2.19 bits per heavy atom. The largest absolute Gasteiger partial charge is 0.337 e. The minimum Gasteiger partial charge on any atom is -0.337 e. The molecule has 0 bridgehead atoms. The molecule has 0 aliphatic carbocycles. The Morgan fingerprint density at radius 1 is 1.35 bits per heavy atom. The van der Waals surface area contributed by atoms with Crippen LogP contribution >= 0.6 is 0 Å². The van der Waals surface area contributed by atoms with Crippen molar-refractivity contribution in [1.82, 2.24) is 9.80 Å². The van der Waals surface area contributed by atoms with Crippen molar-refractivity contribution in [1.29, 1.82) is 5.26 Å². The molecule has 2 amide bonds. The summed E-state index contributed by atoms with van der Waals surface area (Å²) in [6.45, 7) is 1.53. The molecule has 160 valence electrons. The molecule has 6 nitrogen and oxygen atoms in total. The van der Waals surface area contributed by atoms with Crippen LogP contribution in [0, 0.1) is 11.3 Å². The third-order valence-corrected chi connectivity index (χ3v) is 6.06. The van der Waals surface area contributed by atoms with Crippen LogP contribution in [0.3, 0.4) is 0 Å². The second-order valence-corrected chi connectivity index (χ2v) is 8.30. The molecule has 2 aliphatic rings. The number of likely N-dealkylation sites (tertiary alicyclic amines) is 1. The van der Waals surface area contributed by atoms with E-state index in [1.165, 1.54) is 0 Å². The van der Waals surface area contributed by atoms with Crippen molar-refractivity contribution in [3.8, 4) is 6.07 Å². The van der Waals surface area contributed by atoms with Crippen molar-refractivity contribution in [2.75, 3.05) is 32.0 Å². The average Bonchev–Trinajstić information content (AvgIpc) is 3.35. The lowest BCUT2D eigenvalue weighted by molar-refractivity contribution is -0.131. The fourth-order valence-electron chi connectivity index (χ4n) is 4.31. The number of hydrogen-bond donors (Lipinski definition) is 1. The molecule has 1 saturated heterocycles. The molecule has 2 atom stereocenters. The van der Waals surface area contributed by atoms with Crippen LogP contribution in [-0.2, 0) is 22.4 Å². The van der Waals surface area contributed by atoms with E-state index in [0.29, 0.717) is 38.0 Å². The van der Waals surface area contributed by atoms with E-state index in [0.717, 1.165) is 22.4 Å². The van der Waals surface area contributed by atoms with Crippen LogP contribution in [0.4, 0.5) is 10.1 Å². The summed E-state index contributed by atoms with van der Waals surface area (Å²) in [4.78, 5) is 28.5. The molecular weight excluding hydrogens is 395 g/mol. The summed E-state index contributed by atoms with van der Waals surface area (Å²) in [6.07, 6.45) is 0.226. The summed E-state index contributed by atoms with van der Waals surface area (Å²) in [6, 6.07) is 14.7. The zero-order valence-corrected chi connectivity index (χ0v) is 17.5. The number of nitrogens with one attached hydrogen (secondary N) is 1. The van der Waals surface area contributed by atoms with E-state index in [2.05, 4.69) is 11.4 Å². The monoisotopic (exact) mass is 420 g/mol. The van der Waals surface area contributed by atoms with Gasteiger partial charge in [0.1, 0.15) is 6.17 Å². The first-order chi connectivity index (χ1) is 14.9. The number of nitriles is 1. The molecule has 4 rings (SSSR count). The molecule has 2 heterocycles. The summed E-state index contributed by atoms with van der Waals surface area (Å²) in [5.74, 6) is -0.113. The lowest BCUT2D eigenvalue weighted by Crippen LogP contribution is -2.39. The number of nitrogens with zero attached hydrogens (tertiary/aromatic N) is 3. The maximum atomic E-state index is 13.7. The minimum atomic E-state index is -0.839. The van der Waals surface area contributed by atoms with Gasteiger partial charge in [-0.05, 0) is 41.3 Å². The highest BCUT2D eigenvalue weighted by atomic mass is 19.1. The Morgan fingerprint density at radius 3 is 2.94 bits per heavy atom. The zero-order chi connectivity index (χ0) is 22.0. The third kappa shape index (κ3) is 4.75. The summed E-state index contributed by atoms with van der Waals surface area (Å²) >= 11 is 0. The normalized spacial score (nSPS) is 18.9. The number of anilines is 1. The van der Waals surface area contributed by atoms with Gasteiger partial charge in [0.2, 0.25) is 11.8 Å². The van der Waals surface area contributed by atoms with Crippen molar-refractivity contribution in [3.63, 3.8) is 0 Å². The number of benzene rings is 2. The first kappa shape index (κ1) is 21.0. The molecule has 1 unspecified atom stereocenters. The fourth-order valence-corrected chi connectivity index (χ4v) is 4.31. The van der Waals surface area contributed by atoms with E-state index in [1.54, 1.807) is 24.1 Å². The second kappa shape index (κ2) is 8.86. The van der Waals surface area contributed by atoms with Crippen LogP contribution in [0.2, 0.25) is 0 Å². The SMILES string of the molecule is CN(C(=O)Cc1ccc2c(c1)NC(=O)C2)[C@H](CN1CCC(F)C1)c1cccc(C#N)c1. The summed E-state index contributed by atoms with van der Waals surface area (Å²) in [5.41, 5.74) is 3.92. The summed E-state index contributed by atoms with van der Waals surface area (Å²) < 4.78 is 13.7. The van der Waals surface area contributed by atoms with Gasteiger partial charge in [0.25, 0.3) is 0 Å². The average molecular weight is 420 g/mol. The Labute approximate surface area is 181 Å². The van der Waals surface area contributed by atoms with Crippen molar-refractivity contribution >= 4 is 17.5 Å². The van der Waals surface area contributed by atoms with E-state index in [-0.39, 0.29) is 24.3 Å². The van der Waals surface area contributed by atoms with Gasteiger partial charge in [-0.1, -0.05) is 24.3 Å². The first-order valence-corrected chi connectivity index (χ1v) is 10.5. The summed E-state index contributed by atoms with van der Waals surface area (Å²) in [5, 5.41) is 12.1. The van der Waals surface area contributed by atoms with Crippen molar-refractivity contribution in [2.24, 2.45) is 0 Å². The van der Waals surface area contributed by atoms with Gasteiger partial charge in [-0.3, -0.25) is 14.5 Å². The van der Waals surface area contributed by atoms with E-state index in [1.807, 2.05) is 35.2 Å². The molecule has 0 radical (unpaired) electrons. The van der Waals surface area contributed by atoms with Crippen LogP contribution in [0.5, 0.6) is 0 Å². The number of fused-ring (bicyclic) bond motifs is 1. The maximum Gasteiger partial charge on any atom is 0.228 e. The number of alkyl halides is 1. The molecule has 2 aromatic rings. The molecule has 2 aromatic carbocycles. The van der Waals surface area contributed by atoms with Crippen LogP contribution in [0.1, 0.15) is 34.7 Å². The molecule has 1 N–H and O–H groups in total. The number of carbonyl (C=O) groups is 2. The molecule has 2 aliphatic heterocycles. The van der Waals surface area contributed by atoms with E-state index in [9.17, 15) is 19.2 Å². The number of hydrogen-bond acceptors (Lipinski definition) is 4. The Hall–Kier alpha value is -3.24. The van der Waals surface area contributed by atoms with Gasteiger partial charge in [0, 0.05) is 32.4 Å². The van der Waals surface area contributed by atoms with Gasteiger partial charge in [-0.15, -0.1) is 0 Å². The van der Waals surface area contributed by atoms with Crippen molar-refractivity contribution < 1.29 is 14.0 Å². The molecule has 31 heavy (non-hydrogen) atoms. The van der Waals surface area contributed by atoms with E-state index < -0.39 is 6.17 Å². The van der Waals surface area contributed by atoms with Gasteiger partial charge in [-0.25, -0.2) is 4.39 Å². The quantitative estimate of drug-likeness (QED) is 0.780. The predicted molar refractivity (Wildman–Crippen MR) is 115 cm³/mol. The molecule has 0 aromatic heterocycles. The number of halogens is 1. The number of carbonyl (C=O) groups excluding carboxylic acids is 2. The fraction of sp³-hybridized carbons (Fsp3) is 0.375. The highest BCUT2D eigenvalue weighted by molar-refractivity contribution is 5.99. The maximum absolute atomic E-state index is 13.7. The molecule has 0 saturated carbocycles. The van der Waals surface area contributed by atoms with Gasteiger partial charge in [0.05, 0.1) is 30.5 Å². The Bertz CT molecular complexity index is 1050. The standard InChI is InChI=1S/C24H25FN4O2/c1-28(24(31)11-16-5-6-18-12-23(30)27-21(18)10-16)22(15-29-8-7-20(25)14-29)19-4-2-3-17(9-19)13-26/h2-6,9-10,20,22H,7-8,11-12,14-15H2,1H3,(H,27,30)/t20?,22-/m1/s1. The first-order valence-electron chi connectivity index (χ1n) is 10.5. The third-order valence-electron chi connectivity index (χ3n) is 6.06. The zero-order valence-electron chi connectivity index (χ0n) is 17.5. The van der Waals surface area contributed by atoms with Gasteiger partial charge >= 0.3 is 0 Å². The van der Waals surface area contributed by atoms with Gasteiger partial charge in [0.15, 0.2) is 0 Å². The molecular formula is C24H25FN4O2. The van der Waals surface area contributed by atoms with Gasteiger partial charge < -0.3 is 10.2 Å². The number of amides is 2. The van der Waals surface area contributed by atoms with Crippen molar-refractivity contribution in [3.05, 3.63) is 64.7 Å². The van der Waals surface area contributed by atoms with Crippen LogP contribution < -0.4 is 5.32 Å². The summed E-state index contributed by atoms with van der Waals surface area (Å²) in [7, 11) is 1.75. The second-order valence-electron chi connectivity index (χ2n) is 8.30. The lowest BCUT2D eigenvalue weighted by Gasteiger charge is -2.32. The molecule has 7 heteroatoms. The van der Waals surface area contributed by atoms with Crippen LogP contribution in [-0.4, -0.2) is 54.5 Å². The van der Waals surface area contributed by atoms with Gasteiger partial charge in [-0.2, -0.15) is 5.26 Å². The molecule has 0 spiro atoms. The number of likely N-dealkylation sites (N-methyl/N-ethyl adjacent to an activating group) is 1. The Balaban J connectivity index is 1.53. The highest BCUT2D eigenvalue weighted by Gasteiger charge is 2.29. The topological polar surface area (TPSA) is 76.4 Å². The van der Waals surface area contributed by atoms with Crippen molar-refractivity contribution in [2.45, 2.75) is 31.5 Å². The van der Waals surface area contributed by atoms with E-state index in [4.69, 9.17) is 0 Å². The highest BCUT2D eigenvalue weighted by Crippen LogP contribution is 2.27. The molecule has 1 fully saturated rings. The number of rotatable bonds is 6. The smallest absolute Gasteiger partial charge is 0.228 e. The minimum absolute atomic E-state index is 0.0372. The predicted octanol–water partition coefficient (Wildman–Crippen LogP) is 2.84. The van der Waals surface area contributed by atoms with E-state index >= 15 is 0 Å². The lowest BCUT2D eigenvalue weighted by atomic mass is 10.0.